The number of hydrogen-bond acceptors (Lipinski definition) is 1. The third-order valence-electron chi connectivity index (χ3n) is 3.34. The lowest BCUT2D eigenvalue weighted by atomic mass is 9.98. The van der Waals surface area contributed by atoms with Gasteiger partial charge in [0, 0.05) is 22.1 Å². The number of nitrogens with one attached hydrogen (secondary N) is 1. The molecule has 2 rings (SSSR count). The van der Waals surface area contributed by atoms with Gasteiger partial charge in [0.05, 0.1) is 0 Å². The summed E-state index contributed by atoms with van der Waals surface area (Å²) in [5.74, 6) is 0.616. The van der Waals surface area contributed by atoms with Crippen LogP contribution in [0.1, 0.15) is 32.3 Å². The summed E-state index contributed by atoms with van der Waals surface area (Å²) < 4.78 is 14.4. The first kappa shape index (κ1) is 12.1. The van der Waals surface area contributed by atoms with E-state index >= 15 is 0 Å². The van der Waals surface area contributed by atoms with E-state index in [2.05, 4.69) is 35.1 Å². The second-order valence-electron chi connectivity index (χ2n) is 5.09. The quantitative estimate of drug-likeness (QED) is 0.886. The molecule has 0 unspecified atom stereocenters. The minimum absolute atomic E-state index is 0.120. The zero-order valence-corrected chi connectivity index (χ0v) is 11.3. The monoisotopic (exact) mass is 285 g/mol. The molecule has 3 heteroatoms. The molecule has 1 fully saturated rings. The van der Waals surface area contributed by atoms with Gasteiger partial charge in [0.1, 0.15) is 5.82 Å². The predicted molar refractivity (Wildman–Crippen MR) is 67.7 cm³/mol. The summed E-state index contributed by atoms with van der Waals surface area (Å²) >= 11 is 3.36. The summed E-state index contributed by atoms with van der Waals surface area (Å²) in [6.45, 7) is 4.98. The lowest BCUT2D eigenvalue weighted by Gasteiger charge is -2.26. The fourth-order valence-electron chi connectivity index (χ4n) is 1.95. The molecule has 0 atom stereocenters. The van der Waals surface area contributed by atoms with Crippen molar-refractivity contribution in [1.82, 2.24) is 5.32 Å². The van der Waals surface area contributed by atoms with Gasteiger partial charge in [-0.1, -0.05) is 15.9 Å². The molecule has 0 aliphatic heterocycles. The minimum Gasteiger partial charge on any atom is -0.307 e. The van der Waals surface area contributed by atoms with Crippen molar-refractivity contribution in [3.8, 4) is 0 Å². The Kier molecular flexibility index (Phi) is 3.36. The van der Waals surface area contributed by atoms with Gasteiger partial charge < -0.3 is 5.32 Å². The van der Waals surface area contributed by atoms with Crippen LogP contribution in [0.3, 0.4) is 0 Å². The van der Waals surface area contributed by atoms with E-state index in [1.165, 1.54) is 18.9 Å². The number of halogens is 2. The van der Waals surface area contributed by atoms with Gasteiger partial charge in [-0.25, -0.2) is 4.39 Å². The summed E-state index contributed by atoms with van der Waals surface area (Å²) in [7, 11) is 0. The Balaban J connectivity index is 2.01. The first-order valence-corrected chi connectivity index (χ1v) is 6.47. The fourth-order valence-corrected chi connectivity index (χ4v) is 2.36. The molecule has 0 heterocycles. The molecule has 0 aromatic heterocycles. The predicted octanol–water partition coefficient (Wildman–Crippen LogP) is 3.87. The van der Waals surface area contributed by atoms with Gasteiger partial charge in [-0.2, -0.15) is 0 Å². The largest absolute Gasteiger partial charge is 0.307 e. The van der Waals surface area contributed by atoms with Crippen molar-refractivity contribution >= 4 is 15.9 Å². The Morgan fingerprint density at radius 1 is 1.44 bits per heavy atom. The van der Waals surface area contributed by atoms with E-state index in [4.69, 9.17) is 0 Å². The van der Waals surface area contributed by atoms with Crippen molar-refractivity contribution in [3.63, 3.8) is 0 Å². The highest BCUT2D eigenvalue weighted by Gasteiger charge is 2.37. The maximum Gasteiger partial charge on any atom is 0.127 e. The molecular weight excluding hydrogens is 269 g/mol. The zero-order chi connectivity index (χ0) is 11.8. The van der Waals surface area contributed by atoms with Gasteiger partial charge >= 0.3 is 0 Å². The van der Waals surface area contributed by atoms with Crippen LogP contribution in [0.25, 0.3) is 0 Å². The molecule has 16 heavy (non-hydrogen) atoms. The smallest absolute Gasteiger partial charge is 0.127 e. The molecule has 88 valence electrons. The van der Waals surface area contributed by atoms with Crippen LogP contribution in [0.2, 0.25) is 0 Å². The average molecular weight is 286 g/mol. The van der Waals surface area contributed by atoms with Crippen molar-refractivity contribution in [2.45, 2.75) is 38.8 Å². The van der Waals surface area contributed by atoms with E-state index < -0.39 is 0 Å². The van der Waals surface area contributed by atoms with Crippen molar-refractivity contribution in [2.24, 2.45) is 5.92 Å². The van der Waals surface area contributed by atoms with Crippen molar-refractivity contribution in [3.05, 3.63) is 34.1 Å². The summed E-state index contributed by atoms with van der Waals surface area (Å²) in [6.07, 6.45) is 2.59. The fraction of sp³-hybridized carbons (Fsp3) is 0.538. The molecule has 1 aliphatic rings. The highest BCUT2D eigenvalue weighted by molar-refractivity contribution is 9.10. The van der Waals surface area contributed by atoms with Crippen LogP contribution >= 0.6 is 15.9 Å². The van der Waals surface area contributed by atoms with Crippen LogP contribution in [0, 0.1) is 11.7 Å². The van der Waals surface area contributed by atoms with Crippen molar-refractivity contribution in [1.29, 1.82) is 0 Å². The van der Waals surface area contributed by atoms with E-state index in [9.17, 15) is 4.39 Å². The Labute approximate surface area is 105 Å². The Morgan fingerprint density at radius 2 is 2.12 bits per heavy atom. The van der Waals surface area contributed by atoms with E-state index in [0.717, 1.165) is 16.0 Å². The normalized spacial score (nSPS) is 16.5. The summed E-state index contributed by atoms with van der Waals surface area (Å²) in [4.78, 5) is 0. The standard InChI is InChI=1S/C13H17BrFN/c1-13(2,10-3-4-10)16-8-9-7-11(14)5-6-12(9)15/h5-7,10,16H,3-4,8H2,1-2H3. The number of hydrogen-bond donors (Lipinski definition) is 1. The SMILES string of the molecule is CC(C)(NCc1cc(Br)ccc1F)C1CC1. The molecule has 0 radical (unpaired) electrons. The van der Waals surface area contributed by atoms with Crippen LogP contribution in [-0.2, 0) is 6.54 Å². The number of rotatable bonds is 4. The maximum atomic E-state index is 13.5. The van der Waals surface area contributed by atoms with Gasteiger partial charge in [0.2, 0.25) is 0 Å². The molecule has 0 spiro atoms. The summed E-state index contributed by atoms with van der Waals surface area (Å²) in [5, 5.41) is 3.44. The molecule has 1 aromatic rings. The summed E-state index contributed by atoms with van der Waals surface area (Å²) in [5.41, 5.74) is 0.845. The van der Waals surface area contributed by atoms with Crippen molar-refractivity contribution in [2.75, 3.05) is 0 Å². The van der Waals surface area contributed by atoms with Crippen LogP contribution in [0.15, 0.2) is 22.7 Å². The van der Waals surface area contributed by atoms with Crippen LogP contribution in [-0.4, -0.2) is 5.54 Å². The number of benzene rings is 1. The van der Waals surface area contributed by atoms with Gasteiger partial charge in [-0.15, -0.1) is 0 Å². The first-order chi connectivity index (χ1) is 7.49. The minimum atomic E-state index is -0.137. The molecular formula is C13H17BrFN. The lowest BCUT2D eigenvalue weighted by Crippen LogP contribution is -2.40. The third-order valence-corrected chi connectivity index (χ3v) is 3.83. The third kappa shape index (κ3) is 2.83. The van der Waals surface area contributed by atoms with Gasteiger partial charge in [-0.05, 0) is 50.8 Å². The summed E-state index contributed by atoms with van der Waals surface area (Å²) in [6, 6.07) is 5.07. The molecule has 1 N–H and O–H groups in total. The first-order valence-electron chi connectivity index (χ1n) is 5.68. The Hall–Kier alpha value is -0.410. The van der Waals surface area contributed by atoms with E-state index in [-0.39, 0.29) is 11.4 Å². The molecule has 1 nitrogen and oxygen atoms in total. The van der Waals surface area contributed by atoms with Gasteiger partial charge in [-0.3, -0.25) is 0 Å². The second-order valence-corrected chi connectivity index (χ2v) is 6.00. The highest BCUT2D eigenvalue weighted by atomic mass is 79.9. The van der Waals surface area contributed by atoms with E-state index in [1.807, 2.05) is 6.07 Å². The Morgan fingerprint density at radius 3 is 2.75 bits per heavy atom. The van der Waals surface area contributed by atoms with E-state index in [1.54, 1.807) is 6.07 Å². The lowest BCUT2D eigenvalue weighted by molar-refractivity contribution is 0.337. The highest BCUT2D eigenvalue weighted by Crippen LogP contribution is 2.39. The van der Waals surface area contributed by atoms with E-state index in [0.29, 0.717) is 6.54 Å². The van der Waals surface area contributed by atoms with Crippen molar-refractivity contribution < 1.29 is 4.39 Å². The topological polar surface area (TPSA) is 12.0 Å². The molecule has 0 saturated heterocycles. The van der Waals surface area contributed by atoms with Crippen LogP contribution < -0.4 is 5.32 Å². The van der Waals surface area contributed by atoms with Gasteiger partial charge in [0.25, 0.3) is 0 Å². The molecule has 1 saturated carbocycles. The molecule has 1 aromatic carbocycles. The maximum absolute atomic E-state index is 13.5. The van der Waals surface area contributed by atoms with Gasteiger partial charge in [0.15, 0.2) is 0 Å². The second kappa shape index (κ2) is 4.46. The molecule has 0 bridgehead atoms. The Bertz CT molecular complexity index is 386. The zero-order valence-electron chi connectivity index (χ0n) is 9.69. The van der Waals surface area contributed by atoms with Crippen LogP contribution in [0.4, 0.5) is 4.39 Å². The average Bonchev–Trinajstić information content (AvgIpc) is 3.03. The van der Waals surface area contributed by atoms with Crippen LogP contribution in [0.5, 0.6) is 0 Å². The molecule has 1 aliphatic carbocycles. The molecule has 0 amide bonds.